The van der Waals surface area contributed by atoms with E-state index in [9.17, 15) is 0 Å². The molecule has 0 aliphatic carbocycles. The Morgan fingerprint density at radius 2 is 2.00 bits per heavy atom. The van der Waals surface area contributed by atoms with Crippen LogP contribution in [-0.2, 0) is 0 Å². The molecule has 2 nitrogen and oxygen atoms in total. The zero-order valence-electron chi connectivity index (χ0n) is 9.20. The molecule has 74 valence electrons. The van der Waals surface area contributed by atoms with Crippen LogP contribution in [0.2, 0.25) is 0 Å². The van der Waals surface area contributed by atoms with Crippen LogP contribution in [0.1, 0.15) is 30.9 Å². The fourth-order valence-corrected chi connectivity index (χ4v) is 1.49. The smallest absolute Gasteiger partial charge is 0.0946 e. The molecule has 0 bridgehead atoms. The van der Waals surface area contributed by atoms with Gasteiger partial charge in [-0.2, -0.15) is 4.99 Å². The first-order valence-corrected chi connectivity index (χ1v) is 4.81. The van der Waals surface area contributed by atoms with Crippen LogP contribution in [0.4, 0.5) is 5.69 Å². The molecule has 0 aromatic heterocycles. The van der Waals surface area contributed by atoms with Gasteiger partial charge in [-0.3, -0.25) is 0 Å². The average molecular weight is 188 g/mol. The monoisotopic (exact) mass is 188 g/mol. The summed E-state index contributed by atoms with van der Waals surface area (Å²) in [5.41, 5.74) is 3.52. The Morgan fingerprint density at radius 1 is 1.29 bits per heavy atom. The van der Waals surface area contributed by atoms with Gasteiger partial charge in [0, 0.05) is 7.05 Å². The van der Waals surface area contributed by atoms with Crippen LogP contribution in [0.25, 0.3) is 0 Å². The van der Waals surface area contributed by atoms with E-state index in [1.54, 1.807) is 7.05 Å². The molecule has 0 heterocycles. The first kappa shape index (κ1) is 10.7. The van der Waals surface area contributed by atoms with Crippen LogP contribution >= 0.6 is 0 Å². The van der Waals surface area contributed by atoms with Gasteiger partial charge in [0.1, 0.15) is 0 Å². The topological polar surface area (TPSA) is 24.7 Å². The summed E-state index contributed by atoms with van der Waals surface area (Å²) < 4.78 is 0. The molecule has 0 saturated carbocycles. The van der Waals surface area contributed by atoms with E-state index in [1.165, 1.54) is 11.1 Å². The molecule has 0 aliphatic rings. The second kappa shape index (κ2) is 4.73. The number of benzene rings is 1. The standard InChI is InChI=1S/C12H16N2/c1-9(2)11-6-5-7-12(10(11)3)14-8-13-4/h5-7,9H,1-4H3. The summed E-state index contributed by atoms with van der Waals surface area (Å²) in [6.07, 6.45) is 0. The van der Waals surface area contributed by atoms with Crippen molar-refractivity contribution in [1.29, 1.82) is 0 Å². The Labute approximate surface area is 85.4 Å². The molecule has 0 atom stereocenters. The Bertz CT molecular complexity index is 372. The van der Waals surface area contributed by atoms with Crippen LogP contribution in [0, 0.1) is 6.92 Å². The molecular weight excluding hydrogens is 172 g/mol. The quantitative estimate of drug-likeness (QED) is 0.634. The number of hydrogen-bond acceptors (Lipinski definition) is 2. The second-order valence-electron chi connectivity index (χ2n) is 3.58. The first-order valence-electron chi connectivity index (χ1n) is 4.81. The highest BCUT2D eigenvalue weighted by Crippen LogP contribution is 2.26. The van der Waals surface area contributed by atoms with Crippen LogP contribution < -0.4 is 0 Å². The highest BCUT2D eigenvalue weighted by Gasteiger charge is 2.05. The number of rotatable bonds is 2. The van der Waals surface area contributed by atoms with Crippen LogP contribution in [0.15, 0.2) is 28.2 Å². The highest BCUT2D eigenvalue weighted by atomic mass is 14.8. The van der Waals surface area contributed by atoms with E-state index in [-0.39, 0.29) is 0 Å². The van der Waals surface area contributed by atoms with Crippen molar-refractivity contribution in [2.24, 2.45) is 9.98 Å². The van der Waals surface area contributed by atoms with Crippen molar-refractivity contribution < 1.29 is 0 Å². The molecule has 0 aliphatic heterocycles. The van der Waals surface area contributed by atoms with E-state index >= 15 is 0 Å². The van der Waals surface area contributed by atoms with Crippen LogP contribution in [-0.4, -0.2) is 13.1 Å². The van der Waals surface area contributed by atoms with Crippen molar-refractivity contribution in [2.75, 3.05) is 7.05 Å². The molecule has 1 rings (SSSR count). The molecule has 0 fully saturated rings. The van der Waals surface area contributed by atoms with Crippen molar-refractivity contribution >= 4 is 11.7 Å². The molecule has 0 N–H and O–H groups in total. The number of aliphatic imine (C=N–C) groups is 2. The maximum Gasteiger partial charge on any atom is 0.0946 e. The fourth-order valence-electron chi connectivity index (χ4n) is 1.49. The van der Waals surface area contributed by atoms with E-state index in [4.69, 9.17) is 0 Å². The molecule has 1 aromatic rings. The molecule has 14 heavy (non-hydrogen) atoms. The predicted octanol–water partition coefficient (Wildman–Crippen LogP) is 3.55. The summed E-state index contributed by atoms with van der Waals surface area (Å²) in [6.45, 7) is 6.46. The third-order valence-corrected chi connectivity index (χ3v) is 2.24. The summed E-state index contributed by atoms with van der Waals surface area (Å²) in [6, 6.07) is 8.77. The Hall–Kier alpha value is -1.40. The summed E-state index contributed by atoms with van der Waals surface area (Å²) in [5, 5.41) is 0. The Balaban J connectivity index is 3.20. The molecule has 0 spiro atoms. The number of nitrogens with zero attached hydrogens (tertiary/aromatic N) is 2. The van der Waals surface area contributed by atoms with E-state index in [0.717, 1.165) is 5.69 Å². The Morgan fingerprint density at radius 3 is 2.57 bits per heavy atom. The maximum atomic E-state index is 4.15. The van der Waals surface area contributed by atoms with E-state index in [2.05, 4.69) is 42.8 Å². The molecule has 0 amide bonds. The van der Waals surface area contributed by atoms with Gasteiger partial charge >= 0.3 is 0 Å². The third-order valence-electron chi connectivity index (χ3n) is 2.24. The van der Waals surface area contributed by atoms with Crippen LogP contribution in [0.3, 0.4) is 0 Å². The lowest BCUT2D eigenvalue weighted by atomic mass is 9.97. The molecular formula is C12H16N2. The zero-order chi connectivity index (χ0) is 10.6. The first-order chi connectivity index (χ1) is 6.66. The molecule has 1 aromatic carbocycles. The van der Waals surface area contributed by atoms with Gasteiger partial charge in [-0.25, -0.2) is 4.99 Å². The van der Waals surface area contributed by atoms with Crippen molar-refractivity contribution in [3.8, 4) is 0 Å². The fraction of sp³-hybridized carbons (Fsp3) is 0.417. The van der Waals surface area contributed by atoms with Gasteiger partial charge in [0.15, 0.2) is 0 Å². The minimum atomic E-state index is 0.531. The van der Waals surface area contributed by atoms with Gasteiger partial charge in [0.25, 0.3) is 0 Å². The number of hydrogen-bond donors (Lipinski definition) is 0. The van der Waals surface area contributed by atoms with Crippen molar-refractivity contribution in [1.82, 2.24) is 0 Å². The third kappa shape index (κ3) is 2.30. The normalized spacial score (nSPS) is 9.79. The lowest BCUT2D eigenvalue weighted by Gasteiger charge is -2.10. The summed E-state index contributed by atoms with van der Waals surface area (Å²) in [7, 11) is 1.67. The van der Waals surface area contributed by atoms with Crippen molar-refractivity contribution in [2.45, 2.75) is 26.7 Å². The largest absolute Gasteiger partial charge is 0.229 e. The second-order valence-corrected chi connectivity index (χ2v) is 3.58. The maximum absolute atomic E-state index is 4.15. The van der Waals surface area contributed by atoms with Gasteiger partial charge in [-0.15, -0.1) is 0 Å². The molecule has 0 radical (unpaired) electrons. The van der Waals surface area contributed by atoms with Gasteiger partial charge in [-0.05, 0) is 30.0 Å². The SMILES string of the molecule is CN=C=Nc1cccc(C(C)C)c1C. The van der Waals surface area contributed by atoms with E-state index in [0.29, 0.717) is 5.92 Å². The predicted molar refractivity (Wildman–Crippen MR) is 60.7 cm³/mol. The minimum absolute atomic E-state index is 0.531. The Kier molecular flexibility index (Phi) is 3.61. The van der Waals surface area contributed by atoms with Gasteiger partial charge < -0.3 is 0 Å². The molecule has 0 unspecified atom stereocenters. The average Bonchev–Trinajstić information content (AvgIpc) is 2.16. The van der Waals surface area contributed by atoms with Crippen LogP contribution in [0.5, 0.6) is 0 Å². The van der Waals surface area contributed by atoms with E-state index < -0.39 is 0 Å². The lowest BCUT2D eigenvalue weighted by Crippen LogP contribution is -1.91. The summed E-state index contributed by atoms with van der Waals surface area (Å²) in [5.74, 6) is 0.531. The minimum Gasteiger partial charge on any atom is -0.229 e. The molecule has 0 saturated heterocycles. The van der Waals surface area contributed by atoms with Gasteiger partial charge in [-0.1, -0.05) is 26.0 Å². The summed E-state index contributed by atoms with van der Waals surface area (Å²) >= 11 is 0. The zero-order valence-corrected chi connectivity index (χ0v) is 9.20. The van der Waals surface area contributed by atoms with E-state index in [1.807, 2.05) is 12.1 Å². The highest BCUT2D eigenvalue weighted by molar-refractivity contribution is 5.57. The van der Waals surface area contributed by atoms with Gasteiger partial charge in [0.2, 0.25) is 0 Å². The van der Waals surface area contributed by atoms with Gasteiger partial charge in [0.05, 0.1) is 11.7 Å². The summed E-state index contributed by atoms with van der Waals surface area (Å²) in [4.78, 5) is 7.88. The van der Waals surface area contributed by atoms with Crippen molar-refractivity contribution in [3.05, 3.63) is 29.3 Å². The van der Waals surface area contributed by atoms with Crippen molar-refractivity contribution in [3.63, 3.8) is 0 Å². The molecule has 2 heteroatoms. The lowest BCUT2D eigenvalue weighted by molar-refractivity contribution is 0.857.